The van der Waals surface area contributed by atoms with Crippen molar-refractivity contribution >= 4 is 12.2 Å². The lowest BCUT2D eigenvalue weighted by Crippen LogP contribution is -2.29. The molecule has 0 spiro atoms. The Morgan fingerprint density at radius 3 is 2.66 bits per heavy atom. The number of nitrogens with zero attached hydrogens (tertiary/aromatic N) is 6. The predicted molar refractivity (Wildman–Crippen MR) is 110 cm³/mol. The SMILES string of the molecule is O=COC(CC1CCNCC1)c1ncnc(Oc2ccc(-n3cncn3)cc2)c1[N+](=O)[O-]. The number of ether oxygens (including phenoxy) is 2. The van der Waals surface area contributed by atoms with Crippen LogP contribution in [0.3, 0.4) is 0 Å². The first-order valence-corrected chi connectivity index (χ1v) is 10.1. The van der Waals surface area contributed by atoms with E-state index in [0.29, 0.717) is 18.6 Å². The molecule has 32 heavy (non-hydrogen) atoms. The highest BCUT2D eigenvalue weighted by atomic mass is 16.6. The number of carbonyl (C=O) groups excluding carboxylic acids is 1. The number of carbonyl (C=O) groups is 1. The zero-order valence-corrected chi connectivity index (χ0v) is 17.0. The molecule has 12 nitrogen and oxygen atoms in total. The van der Waals surface area contributed by atoms with E-state index in [1.165, 1.54) is 12.7 Å². The van der Waals surface area contributed by atoms with E-state index in [0.717, 1.165) is 31.6 Å². The number of benzene rings is 1. The molecule has 1 atom stereocenters. The van der Waals surface area contributed by atoms with E-state index in [9.17, 15) is 14.9 Å². The zero-order valence-electron chi connectivity index (χ0n) is 17.0. The van der Waals surface area contributed by atoms with Crippen molar-refractivity contribution in [3.8, 4) is 17.3 Å². The Morgan fingerprint density at radius 2 is 2.00 bits per heavy atom. The van der Waals surface area contributed by atoms with E-state index < -0.39 is 16.7 Å². The van der Waals surface area contributed by atoms with Crippen LogP contribution < -0.4 is 10.1 Å². The van der Waals surface area contributed by atoms with Crippen LogP contribution in [0.4, 0.5) is 5.69 Å². The molecule has 0 radical (unpaired) electrons. The minimum Gasteiger partial charge on any atom is -0.458 e. The lowest BCUT2D eigenvalue weighted by atomic mass is 9.90. The summed E-state index contributed by atoms with van der Waals surface area (Å²) in [5, 5.41) is 19.2. The van der Waals surface area contributed by atoms with Gasteiger partial charge in [-0.25, -0.2) is 14.6 Å². The third kappa shape index (κ3) is 4.86. The van der Waals surface area contributed by atoms with Crippen molar-refractivity contribution in [2.45, 2.75) is 25.4 Å². The van der Waals surface area contributed by atoms with E-state index in [1.54, 1.807) is 35.3 Å². The molecular weight excluding hydrogens is 418 g/mol. The van der Waals surface area contributed by atoms with Crippen LogP contribution in [0.2, 0.25) is 0 Å². The van der Waals surface area contributed by atoms with Crippen LogP contribution >= 0.6 is 0 Å². The number of nitro groups is 1. The lowest BCUT2D eigenvalue weighted by Gasteiger charge is -2.25. The molecule has 1 unspecified atom stereocenters. The molecule has 3 aromatic rings. The molecular formula is C20H21N7O5. The van der Waals surface area contributed by atoms with Gasteiger partial charge in [-0.15, -0.1) is 0 Å². The van der Waals surface area contributed by atoms with Crippen LogP contribution in [0, 0.1) is 16.0 Å². The normalized spacial score (nSPS) is 15.1. The Morgan fingerprint density at radius 1 is 1.22 bits per heavy atom. The molecule has 4 rings (SSSR count). The first kappa shape index (κ1) is 21.3. The number of hydrogen-bond donors (Lipinski definition) is 1. The number of aromatic nitrogens is 5. The zero-order chi connectivity index (χ0) is 22.3. The maximum absolute atomic E-state index is 11.9. The Kier molecular flexibility index (Phi) is 6.60. The lowest BCUT2D eigenvalue weighted by molar-refractivity contribution is -0.387. The van der Waals surface area contributed by atoms with Gasteiger partial charge in [-0.05, 0) is 62.5 Å². The summed E-state index contributed by atoms with van der Waals surface area (Å²) < 4.78 is 12.5. The van der Waals surface area contributed by atoms with Crippen molar-refractivity contribution in [2.75, 3.05) is 13.1 Å². The van der Waals surface area contributed by atoms with Gasteiger partial charge in [0.15, 0.2) is 11.8 Å². The van der Waals surface area contributed by atoms with E-state index in [2.05, 4.69) is 25.4 Å². The first-order valence-electron chi connectivity index (χ1n) is 10.1. The smallest absolute Gasteiger partial charge is 0.356 e. The van der Waals surface area contributed by atoms with Crippen molar-refractivity contribution < 1.29 is 19.2 Å². The summed E-state index contributed by atoms with van der Waals surface area (Å²) in [5.41, 5.74) is 0.340. The summed E-state index contributed by atoms with van der Waals surface area (Å²) in [6.07, 6.45) is 5.48. The third-order valence-corrected chi connectivity index (χ3v) is 5.27. The third-order valence-electron chi connectivity index (χ3n) is 5.27. The second-order valence-electron chi connectivity index (χ2n) is 7.26. The first-order chi connectivity index (χ1) is 15.7. The number of rotatable bonds is 9. The minimum absolute atomic E-state index is 0.0184. The largest absolute Gasteiger partial charge is 0.458 e. The minimum atomic E-state index is -0.865. The van der Waals surface area contributed by atoms with Crippen LogP contribution in [0.15, 0.2) is 43.2 Å². The van der Waals surface area contributed by atoms with Crippen LogP contribution in [-0.4, -0.2) is 49.2 Å². The molecule has 1 saturated heterocycles. The molecule has 0 amide bonds. The molecule has 3 heterocycles. The van der Waals surface area contributed by atoms with Crippen LogP contribution in [0.5, 0.6) is 11.6 Å². The van der Waals surface area contributed by atoms with E-state index in [4.69, 9.17) is 9.47 Å². The van der Waals surface area contributed by atoms with Crippen molar-refractivity contribution in [3.63, 3.8) is 0 Å². The topological polar surface area (TPSA) is 147 Å². The van der Waals surface area contributed by atoms with Crippen molar-refractivity contribution in [1.29, 1.82) is 0 Å². The summed E-state index contributed by atoms with van der Waals surface area (Å²) in [7, 11) is 0. The molecule has 0 aliphatic carbocycles. The van der Waals surface area contributed by atoms with Gasteiger partial charge < -0.3 is 14.8 Å². The summed E-state index contributed by atoms with van der Waals surface area (Å²) in [6, 6.07) is 6.73. The van der Waals surface area contributed by atoms with E-state index in [-0.39, 0.29) is 17.5 Å². The van der Waals surface area contributed by atoms with Gasteiger partial charge in [-0.1, -0.05) is 0 Å². The van der Waals surface area contributed by atoms with Crippen LogP contribution in [-0.2, 0) is 9.53 Å². The van der Waals surface area contributed by atoms with Gasteiger partial charge in [0.25, 0.3) is 6.47 Å². The van der Waals surface area contributed by atoms with Gasteiger partial charge in [0.2, 0.25) is 0 Å². The average molecular weight is 439 g/mol. The van der Waals surface area contributed by atoms with Gasteiger partial charge in [0.1, 0.15) is 24.7 Å². The van der Waals surface area contributed by atoms with Crippen molar-refractivity contribution in [3.05, 3.63) is 59.1 Å². The number of piperidine rings is 1. The molecule has 1 N–H and O–H groups in total. The average Bonchev–Trinajstić information content (AvgIpc) is 3.35. The second kappa shape index (κ2) is 9.92. The fourth-order valence-corrected chi connectivity index (χ4v) is 3.70. The Hall–Kier alpha value is -3.93. The molecule has 2 aromatic heterocycles. The van der Waals surface area contributed by atoms with Crippen molar-refractivity contribution in [2.24, 2.45) is 5.92 Å². The van der Waals surface area contributed by atoms with Crippen molar-refractivity contribution in [1.82, 2.24) is 30.0 Å². The van der Waals surface area contributed by atoms with Crippen LogP contribution in [0.25, 0.3) is 5.69 Å². The maximum Gasteiger partial charge on any atom is 0.356 e. The number of nitrogens with one attached hydrogen (secondary N) is 1. The summed E-state index contributed by atoms with van der Waals surface area (Å²) in [5.74, 6) is 0.371. The van der Waals surface area contributed by atoms with Gasteiger partial charge in [-0.3, -0.25) is 14.9 Å². The summed E-state index contributed by atoms with van der Waals surface area (Å²) >= 11 is 0. The molecule has 166 valence electrons. The molecule has 0 saturated carbocycles. The molecule has 1 aliphatic rings. The molecule has 1 aliphatic heterocycles. The van der Waals surface area contributed by atoms with Gasteiger partial charge in [0.05, 0.1) is 10.6 Å². The molecule has 0 bridgehead atoms. The molecule has 12 heteroatoms. The van der Waals surface area contributed by atoms with E-state index >= 15 is 0 Å². The highest BCUT2D eigenvalue weighted by molar-refractivity contribution is 5.49. The van der Waals surface area contributed by atoms with Crippen LogP contribution in [0.1, 0.15) is 31.1 Å². The standard InChI is InChI=1S/C20H21N7O5/c28-13-31-17(9-14-5-7-21-8-6-14)18-19(27(29)30)20(24-11-23-18)32-16-3-1-15(2-4-16)26-12-22-10-25-26/h1-4,10-14,17,21H,5-9H2. The Labute approximate surface area is 182 Å². The predicted octanol–water partition coefficient (Wildman–Crippen LogP) is 2.36. The Balaban J connectivity index is 1.60. The van der Waals surface area contributed by atoms with Gasteiger partial charge in [-0.2, -0.15) is 10.1 Å². The fraction of sp³-hybridized carbons (Fsp3) is 0.350. The van der Waals surface area contributed by atoms with Gasteiger partial charge >= 0.3 is 11.6 Å². The molecule has 1 fully saturated rings. The Bertz CT molecular complexity index is 1050. The monoisotopic (exact) mass is 439 g/mol. The van der Waals surface area contributed by atoms with E-state index in [1.807, 2.05) is 0 Å². The quantitative estimate of drug-likeness (QED) is 0.299. The molecule has 1 aromatic carbocycles. The highest BCUT2D eigenvalue weighted by Gasteiger charge is 2.33. The summed E-state index contributed by atoms with van der Waals surface area (Å²) in [4.78, 5) is 34.4. The fourth-order valence-electron chi connectivity index (χ4n) is 3.70. The van der Waals surface area contributed by atoms with Gasteiger partial charge in [0, 0.05) is 0 Å². The maximum atomic E-state index is 11.9. The highest BCUT2D eigenvalue weighted by Crippen LogP contribution is 2.38. The summed E-state index contributed by atoms with van der Waals surface area (Å²) in [6.45, 7) is 1.99. The number of hydrogen-bond acceptors (Lipinski definition) is 10. The second-order valence-corrected chi connectivity index (χ2v) is 7.26.